The summed E-state index contributed by atoms with van der Waals surface area (Å²) in [5.41, 5.74) is 1.16. The molecule has 0 amide bonds. The van der Waals surface area contributed by atoms with Gasteiger partial charge in [0.2, 0.25) is 0 Å². The molecule has 0 radical (unpaired) electrons. The van der Waals surface area contributed by atoms with Crippen molar-refractivity contribution in [2.45, 2.75) is 20.0 Å². The SMILES string of the molecule is C=CCNC(=NCc1ccccc1)NCc1nnc(C)n1C. The molecule has 0 aliphatic carbocycles. The van der Waals surface area contributed by atoms with Crippen LogP contribution in [0.1, 0.15) is 17.2 Å². The summed E-state index contributed by atoms with van der Waals surface area (Å²) in [4.78, 5) is 4.57. The van der Waals surface area contributed by atoms with Crippen LogP contribution >= 0.6 is 0 Å². The van der Waals surface area contributed by atoms with Crippen molar-refractivity contribution < 1.29 is 0 Å². The van der Waals surface area contributed by atoms with Gasteiger partial charge in [-0.15, -0.1) is 16.8 Å². The first-order valence-corrected chi connectivity index (χ1v) is 7.22. The van der Waals surface area contributed by atoms with E-state index in [4.69, 9.17) is 0 Å². The minimum absolute atomic E-state index is 0.565. The van der Waals surface area contributed by atoms with Crippen LogP contribution in [-0.4, -0.2) is 27.3 Å². The van der Waals surface area contributed by atoms with Gasteiger partial charge in [-0.25, -0.2) is 4.99 Å². The maximum atomic E-state index is 4.57. The standard InChI is InChI=1S/C16H22N6/c1-4-10-17-16(18-11-14-8-6-5-7-9-14)19-12-15-21-20-13(2)22(15)3/h4-9H,1,10-12H2,2-3H3,(H2,17,18,19). The van der Waals surface area contributed by atoms with Gasteiger partial charge in [0.25, 0.3) is 0 Å². The van der Waals surface area contributed by atoms with E-state index in [1.54, 1.807) is 6.08 Å². The number of benzene rings is 1. The summed E-state index contributed by atoms with van der Waals surface area (Å²) in [7, 11) is 1.95. The molecule has 0 aliphatic rings. The summed E-state index contributed by atoms with van der Waals surface area (Å²) in [5.74, 6) is 2.48. The smallest absolute Gasteiger partial charge is 0.192 e. The van der Waals surface area contributed by atoms with Crippen LogP contribution in [0.5, 0.6) is 0 Å². The number of nitrogens with zero attached hydrogens (tertiary/aromatic N) is 4. The molecule has 0 saturated heterocycles. The Balaban J connectivity index is 1.99. The monoisotopic (exact) mass is 298 g/mol. The van der Waals surface area contributed by atoms with E-state index in [2.05, 4.69) is 44.5 Å². The lowest BCUT2D eigenvalue weighted by atomic mass is 10.2. The van der Waals surface area contributed by atoms with Gasteiger partial charge in [-0.05, 0) is 12.5 Å². The lowest BCUT2D eigenvalue weighted by Gasteiger charge is -2.11. The van der Waals surface area contributed by atoms with Crippen molar-refractivity contribution in [3.05, 3.63) is 60.2 Å². The molecule has 1 heterocycles. The Morgan fingerprint density at radius 1 is 1.27 bits per heavy atom. The highest BCUT2D eigenvalue weighted by molar-refractivity contribution is 5.79. The fourth-order valence-corrected chi connectivity index (χ4v) is 1.86. The van der Waals surface area contributed by atoms with E-state index in [9.17, 15) is 0 Å². The average molecular weight is 298 g/mol. The number of rotatable bonds is 6. The van der Waals surface area contributed by atoms with Gasteiger partial charge in [0.1, 0.15) is 5.82 Å². The van der Waals surface area contributed by atoms with Crippen molar-refractivity contribution in [2.75, 3.05) is 6.54 Å². The number of guanidine groups is 1. The molecular formula is C16H22N6. The van der Waals surface area contributed by atoms with E-state index in [0.717, 1.165) is 23.2 Å². The molecule has 1 aromatic carbocycles. The van der Waals surface area contributed by atoms with Crippen molar-refractivity contribution >= 4 is 5.96 Å². The predicted octanol–water partition coefficient (Wildman–Crippen LogP) is 1.54. The largest absolute Gasteiger partial charge is 0.353 e. The van der Waals surface area contributed by atoms with Crippen LogP contribution in [0.3, 0.4) is 0 Å². The molecule has 22 heavy (non-hydrogen) atoms. The Morgan fingerprint density at radius 2 is 2.05 bits per heavy atom. The first kappa shape index (κ1) is 15.8. The molecule has 0 unspecified atom stereocenters. The molecule has 2 aromatic rings. The van der Waals surface area contributed by atoms with Crippen molar-refractivity contribution in [1.29, 1.82) is 0 Å². The molecule has 0 atom stereocenters. The van der Waals surface area contributed by atoms with Gasteiger partial charge in [-0.2, -0.15) is 0 Å². The van der Waals surface area contributed by atoms with Gasteiger partial charge in [0.05, 0.1) is 13.1 Å². The van der Waals surface area contributed by atoms with Crippen LogP contribution in [0.25, 0.3) is 0 Å². The number of nitrogens with one attached hydrogen (secondary N) is 2. The fourth-order valence-electron chi connectivity index (χ4n) is 1.86. The molecule has 0 aliphatic heterocycles. The van der Waals surface area contributed by atoms with Crippen LogP contribution in [-0.2, 0) is 20.1 Å². The Morgan fingerprint density at radius 3 is 2.68 bits per heavy atom. The summed E-state index contributed by atoms with van der Waals surface area (Å²) in [6, 6.07) is 10.1. The first-order chi connectivity index (χ1) is 10.7. The number of hydrogen-bond donors (Lipinski definition) is 2. The molecule has 116 valence electrons. The van der Waals surface area contributed by atoms with E-state index in [0.29, 0.717) is 19.6 Å². The van der Waals surface area contributed by atoms with Gasteiger partial charge >= 0.3 is 0 Å². The number of hydrogen-bond acceptors (Lipinski definition) is 3. The Hall–Kier alpha value is -2.63. The molecule has 6 heteroatoms. The third-order valence-electron chi connectivity index (χ3n) is 3.27. The van der Waals surface area contributed by atoms with E-state index in [1.165, 1.54) is 0 Å². The quantitative estimate of drug-likeness (QED) is 0.482. The number of aromatic nitrogens is 3. The molecule has 2 rings (SSSR count). The Kier molecular flexibility index (Phi) is 5.71. The summed E-state index contributed by atoms with van der Waals surface area (Å²) in [5, 5.41) is 14.6. The van der Waals surface area contributed by atoms with E-state index >= 15 is 0 Å². The van der Waals surface area contributed by atoms with Crippen LogP contribution < -0.4 is 10.6 Å². The molecule has 0 saturated carbocycles. The minimum Gasteiger partial charge on any atom is -0.353 e. The highest BCUT2D eigenvalue weighted by atomic mass is 15.3. The molecular weight excluding hydrogens is 276 g/mol. The first-order valence-electron chi connectivity index (χ1n) is 7.22. The van der Waals surface area contributed by atoms with Gasteiger partial charge in [0, 0.05) is 13.6 Å². The van der Waals surface area contributed by atoms with E-state index in [1.807, 2.05) is 36.7 Å². The maximum Gasteiger partial charge on any atom is 0.192 e. The van der Waals surface area contributed by atoms with Crippen molar-refractivity contribution in [2.24, 2.45) is 12.0 Å². The van der Waals surface area contributed by atoms with Gasteiger partial charge in [-0.3, -0.25) is 0 Å². The maximum absolute atomic E-state index is 4.57. The van der Waals surface area contributed by atoms with Crippen molar-refractivity contribution in [1.82, 2.24) is 25.4 Å². The highest BCUT2D eigenvalue weighted by Gasteiger charge is 2.05. The molecule has 6 nitrogen and oxygen atoms in total. The number of aliphatic imine (C=N–C) groups is 1. The highest BCUT2D eigenvalue weighted by Crippen LogP contribution is 2.00. The molecule has 1 aromatic heterocycles. The van der Waals surface area contributed by atoms with E-state index in [-0.39, 0.29) is 0 Å². The zero-order valence-electron chi connectivity index (χ0n) is 13.1. The summed E-state index contributed by atoms with van der Waals surface area (Å²) in [6.07, 6.45) is 1.80. The van der Waals surface area contributed by atoms with Crippen molar-refractivity contribution in [3.8, 4) is 0 Å². The number of aryl methyl sites for hydroxylation is 1. The fraction of sp³-hybridized carbons (Fsp3) is 0.312. The third kappa shape index (κ3) is 4.44. The Bertz CT molecular complexity index is 629. The normalized spacial score (nSPS) is 11.3. The van der Waals surface area contributed by atoms with Crippen LogP contribution in [0.2, 0.25) is 0 Å². The second-order valence-corrected chi connectivity index (χ2v) is 4.90. The zero-order valence-corrected chi connectivity index (χ0v) is 13.1. The zero-order chi connectivity index (χ0) is 15.8. The van der Waals surface area contributed by atoms with E-state index < -0.39 is 0 Å². The summed E-state index contributed by atoms with van der Waals surface area (Å²) in [6.45, 7) is 7.47. The van der Waals surface area contributed by atoms with Crippen LogP contribution in [0, 0.1) is 6.92 Å². The third-order valence-corrected chi connectivity index (χ3v) is 3.27. The van der Waals surface area contributed by atoms with Crippen LogP contribution in [0.15, 0.2) is 48.0 Å². The molecule has 0 spiro atoms. The second kappa shape index (κ2) is 7.97. The average Bonchev–Trinajstić information content (AvgIpc) is 2.87. The predicted molar refractivity (Wildman–Crippen MR) is 88.4 cm³/mol. The van der Waals surface area contributed by atoms with Gasteiger partial charge in [0.15, 0.2) is 11.8 Å². The van der Waals surface area contributed by atoms with Crippen LogP contribution in [0.4, 0.5) is 0 Å². The Labute approximate surface area is 131 Å². The van der Waals surface area contributed by atoms with Gasteiger partial charge < -0.3 is 15.2 Å². The topological polar surface area (TPSA) is 67.1 Å². The molecule has 2 N–H and O–H groups in total. The summed E-state index contributed by atoms with van der Waals surface area (Å²) >= 11 is 0. The van der Waals surface area contributed by atoms with Gasteiger partial charge in [-0.1, -0.05) is 36.4 Å². The lowest BCUT2D eigenvalue weighted by Crippen LogP contribution is -2.37. The van der Waals surface area contributed by atoms with Crippen molar-refractivity contribution in [3.63, 3.8) is 0 Å². The molecule has 0 bridgehead atoms. The lowest BCUT2D eigenvalue weighted by molar-refractivity contribution is 0.721. The second-order valence-electron chi connectivity index (χ2n) is 4.90. The minimum atomic E-state index is 0.565. The summed E-state index contributed by atoms with van der Waals surface area (Å²) < 4.78 is 1.95. The molecule has 0 fully saturated rings.